The maximum absolute atomic E-state index is 11.8. The monoisotopic (exact) mass is 272 g/mol. The molecule has 0 radical (unpaired) electrons. The first-order valence-corrected chi connectivity index (χ1v) is 7.09. The molecule has 1 aromatic heterocycles. The van der Waals surface area contributed by atoms with Gasteiger partial charge in [0.25, 0.3) is 0 Å². The van der Waals surface area contributed by atoms with Crippen molar-refractivity contribution < 1.29 is 4.42 Å². The number of fused-ring (bicyclic) bond motifs is 1. The third-order valence-electron chi connectivity index (χ3n) is 3.68. The van der Waals surface area contributed by atoms with Gasteiger partial charge in [0, 0.05) is 16.5 Å². The molecule has 0 aliphatic rings. The molecule has 1 heterocycles. The molecule has 0 aliphatic carbocycles. The van der Waals surface area contributed by atoms with Crippen LogP contribution in [-0.2, 0) is 10.8 Å². The van der Waals surface area contributed by atoms with Crippen LogP contribution in [0.15, 0.2) is 27.4 Å². The molecular formula is C18H24O2. The third-order valence-corrected chi connectivity index (χ3v) is 3.68. The van der Waals surface area contributed by atoms with Crippen molar-refractivity contribution in [2.75, 3.05) is 0 Å². The molecule has 0 saturated heterocycles. The number of hydrogen-bond donors (Lipinski definition) is 0. The second-order valence-corrected chi connectivity index (χ2v) is 7.66. The van der Waals surface area contributed by atoms with Crippen LogP contribution < -0.4 is 5.63 Å². The highest BCUT2D eigenvalue weighted by Crippen LogP contribution is 2.34. The summed E-state index contributed by atoms with van der Waals surface area (Å²) in [4.78, 5) is 11.8. The molecule has 0 aliphatic heterocycles. The largest absolute Gasteiger partial charge is 0.422 e. The summed E-state index contributed by atoms with van der Waals surface area (Å²) in [6, 6.07) is 6.26. The fraction of sp³-hybridized carbons (Fsp3) is 0.500. The van der Waals surface area contributed by atoms with E-state index < -0.39 is 0 Å². The van der Waals surface area contributed by atoms with Gasteiger partial charge in [0.15, 0.2) is 0 Å². The van der Waals surface area contributed by atoms with Crippen LogP contribution in [-0.4, -0.2) is 0 Å². The average Bonchev–Trinajstić information content (AvgIpc) is 2.26. The van der Waals surface area contributed by atoms with Crippen molar-refractivity contribution in [1.29, 1.82) is 0 Å². The maximum atomic E-state index is 11.8. The minimum atomic E-state index is -0.244. The van der Waals surface area contributed by atoms with Crippen LogP contribution in [0.3, 0.4) is 0 Å². The lowest BCUT2D eigenvalue weighted by Gasteiger charge is -2.26. The van der Waals surface area contributed by atoms with E-state index in [2.05, 4.69) is 53.7 Å². The van der Waals surface area contributed by atoms with Crippen molar-refractivity contribution in [2.24, 2.45) is 0 Å². The van der Waals surface area contributed by atoms with E-state index in [-0.39, 0.29) is 16.5 Å². The van der Waals surface area contributed by atoms with E-state index in [0.29, 0.717) is 5.56 Å². The second-order valence-electron chi connectivity index (χ2n) is 7.66. The second kappa shape index (κ2) is 4.47. The third kappa shape index (κ3) is 2.65. The van der Waals surface area contributed by atoms with Crippen LogP contribution in [0.2, 0.25) is 0 Å². The van der Waals surface area contributed by atoms with Crippen molar-refractivity contribution in [2.45, 2.75) is 59.3 Å². The Morgan fingerprint density at radius 1 is 0.900 bits per heavy atom. The molecule has 0 spiro atoms. The molecule has 0 saturated carbocycles. The Bertz CT molecular complexity index is 707. The predicted octanol–water partition coefficient (Wildman–Crippen LogP) is 4.70. The summed E-state index contributed by atoms with van der Waals surface area (Å²) in [5.74, 6) is 0. The van der Waals surface area contributed by atoms with Gasteiger partial charge in [0.1, 0.15) is 5.58 Å². The van der Waals surface area contributed by atoms with Crippen LogP contribution in [0, 0.1) is 6.92 Å². The molecule has 2 heteroatoms. The molecule has 0 atom stereocenters. The molecule has 1 aromatic carbocycles. The Morgan fingerprint density at radius 2 is 1.50 bits per heavy atom. The highest BCUT2D eigenvalue weighted by Gasteiger charge is 2.23. The molecule has 0 fully saturated rings. The zero-order chi connectivity index (χ0) is 15.3. The van der Waals surface area contributed by atoms with Crippen molar-refractivity contribution >= 4 is 11.0 Å². The Kier molecular flexibility index (Phi) is 3.32. The standard InChI is InChI=1S/C18H24O2/c1-11-8-12-9-13(17(2,3)4)10-14(18(5,6)7)15(12)20-16(11)19/h8-10H,1-7H3. The molecule has 108 valence electrons. The van der Waals surface area contributed by atoms with Crippen molar-refractivity contribution in [3.05, 3.63) is 45.3 Å². The van der Waals surface area contributed by atoms with Crippen LogP contribution in [0.5, 0.6) is 0 Å². The molecule has 0 unspecified atom stereocenters. The Balaban J connectivity index is 2.93. The van der Waals surface area contributed by atoms with E-state index in [1.165, 1.54) is 5.56 Å². The Morgan fingerprint density at radius 3 is 2.00 bits per heavy atom. The van der Waals surface area contributed by atoms with E-state index in [0.717, 1.165) is 16.5 Å². The molecule has 0 bridgehead atoms. The molecule has 0 N–H and O–H groups in total. The maximum Gasteiger partial charge on any atom is 0.339 e. The molecule has 2 rings (SSSR count). The van der Waals surface area contributed by atoms with Crippen LogP contribution in [0.25, 0.3) is 11.0 Å². The fourth-order valence-corrected chi connectivity index (χ4v) is 2.33. The quantitative estimate of drug-likeness (QED) is 0.651. The molecule has 2 nitrogen and oxygen atoms in total. The lowest BCUT2D eigenvalue weighted by Crippen LogP contribution is -2.17. The lowest BCUT2D eigenvalue weighted by atomic mass is 9.79. The summed E-state index contributed by atoms with van der Waals surface area (Å²) in [5.41, 5.74) is 3.50. The fourth-order valence-electron chi connectivity index (χ4n) is 2.33. The van der Waals surface area contributed by atoms with Gasteiger partial charge in [-0.2, -0.15) is 0 Å². The summed E-state index contributed by atoms with van der Waals surface area (Å²) in [5, 5.41) is 1.01. The first-order valence-electron chi connectivity index (χ1n) is 7.09. The van der Waals surface area contributed by atoms with Gasteiger partial charge in [-0.15, -0.1) is 0 Å². The smallest absolute Gasteiger partial charge is 0.339 e. The van der Waals surface area contributed by atoms with Gasteiger partial charge in [0.2, 0.25) is 0 Å². The Hall–Kier alpha value is -1.57. The normalized spacial score (nSPS) is 12.9. The zero-order valence-electron chi connectivity index (χ0n) is 13.5. The number of benzene rings is 1. The highest BCUT2D eigenvalue weighted by molar-refractivity contribution is 5.82. The predicted molar refractivity (Wildman–Crippen MR) is 84.6 cm³/mol. The number of rotatable bonds is 0. The molecule has 0 amide bonds. The van der Waals surface area contributed by atoms with Crippen molar-refractivity contribution in [3.8, 4) is 0 Å². The van der Waals surface area contributed by atoms with E-state index in [1.54, 1.807) is 6.92 Å². The SMILES string of the molecule is Cc1cc2cc(C(C)(C)C)cc(C(C)(C)C)c2oc1=O. The summed E-state index contributed by atoms with van der Waals surface area (Å²) in [7, 11) is 0. The zero-order valence-corrected chi connectivity index (χ0v) is 13.5. The average molecular weight is 272 g/mol. The van der Waals surface area contributed by atoms with Crippen molar-refractivity contribution in [3.63, 3.8) is 0 Å². The first-order chi connectivity index (χ1) is 9.00. The summed E-state index contributed by atoms with van der Waals surface area (Å²) >= 11 is 0. The van der Waals surface area contributed by atoms with Crippen LogP contribution in [0.1, 0.15) is 58.2 Å². The minimum absolute atomic E-state index is 0.0648. The first kappa shape index (κ1) is 14.8. The van der Waals surface area contributed by atoms with Crippen LogP contribution >= 0.6 is 0 Å². The van der Waals surface area contributed by atoms with Gasteiger partial charge in [-0.1, -0.05) is 47.6 Å². The van der Waals surface area contributed by atoms with Gasteiger partial charge in [-0.3, -0.25) is 0 Å². The summed E-state index contributed by atoms with van der Waals surface area (Å²) < 4.78 is 5.56. The molecule has 2 aromatic rings. The number of aryl methyl sites for hydroxylation is 1. The summed E-state index contributed by atoms with van der Waals surface area (Å²) in [6.07, 6.45) is 0. The minimum Gasteiger partial charge on any atom is -0.422 e. The highest BCUT2D eigenvalue weighted by atomic mass is 16.4. The van der Waals surface area contributed by atoms with Crippen molar-refractivity contribution in [1.82, 2.24) is 0 Å². The van der Waals surface area contributed by atoms with Gasteiger partial charge < -0.3 is 4.42 Å². The number of hydrogen-bond acceptors (Lipinski definition) is 2. The topological polar surface area (TPSA) is 30.2 Å². The molecular weight excluding hydrogens is 248 g/mol. The van der Waals surface area contributed by atoms with Gasteiger partial charge in [0.05, 0.1) is 0 Å². The van der Waals surface area contributed by atoms with E-state index >= 15 is 0 Å². The summed E-state index contributed by atoms with van der Waals surface area (Å²) in [6.45, 7) is 14.8. The van der Waals surface area contributed by atoms with Crippen LogP contribution in [0.4, 0.5) is 0 Å². The van der Waals surface area contributed by atoms with E-state index in [4.69, 9.17) is 4.42 Å². The van der Waals surface area contributed by atoms with E-state index in [9.17, 15) is 4.79 Å². The van der Waals surface area contributed by atoms with Gasteiger partial charge >= 0.3 is 5.63 Å². The van der Waals surface area contributed by atoms with Gasteiger partial charge in [-0.05, 0) is 35.4 Å². The lowest BCUT2D eigenvalue weighted by molar-refractivity contribution is 0.522. The Labute approximate surface area is 120 Å². The molecule has 20 heavy (non-hydrogen) atoms. The van der Waals surface area contributed by atoms with E-state index in [1.807, 2.05) is 6.07 Å². The van der Waals surface area contributed by atoms with Gasteiger partial charge in [-0.25, -0.2) is 4.79 Å².